The lowest BCUT2D eigenvalue weighted by Gasteiger charge is -2.32. The number of fused-ring (bicyclic) bond motifs is 1. The Kier molecular flexibility index (Phi) is 11.6. The lowest BCUT2D eigenvalue weighted by Crippen LogP contribution is -2.30. The van der Waals surface area contributed by atoms with E-state index in [4.69, 9.17) is 4.98 Å². The van der Waals surface area contributed by atoms with Crippen molar-refractivity contribution >= 4 is 29.2 Å². The van der Waals surface area contributed by atoms with E-state index in [1.807, 2.05) is 32.2 Å². The molecule has 1 aromatic heterocycles. The van der Waals surface area contributed by atoms with Crippen LogP contribution in [0, 0.1) is 0 Å². The van der Waals surface area contributed by atoms with Crippen LogP contribution in [0.1, 0.15) is 79.4 Å². The lowest BCUT2D eigenvalue weighted by atomic mass is 9.98. The van der Waals surface area contributed by atoms with Gasteiger partial charge in [-0.1, -0.05) is 45.9 Å². The van der Waals surface area contributed by atoms with Gasteiger partial charge in [0, 0.05) is 35.7 Å². The van der Waals surface area contributed by atoms with Gasteiger partial charge in [0.2, 0.25) is 0 Å². The van der Waals surface area contributed by atoms with Crippen molar-refractivity contribution < 1.29 is 5.11 Å². The van der Waals surface area contributed by atoms with Gasteiger partial charge in [0.05, 0.1) is 6.61 Å². The largest absolute Gasteiger partial charge is 0.395 e. The molecule has 0 amide bonds. The van der Waals surface area contributed by atoms with Crippen LogP contribution in [-0.4, -0.2) is 39.5 Å². The maximum atomic E-state index is 9.52. The molecule has 0 atom stereocenters. The average Bonchev–Trinajstić information content (AvgIpc) is 2.76. The molecule has 0 radical (unpaired) electrons. The summed E-state index contributed by atoms with van der Waals surface area (Å²) < 4.78 is 0. The molecule has 0 saturated carbocycles. The quantitative estimate of drug-likeness (QED) is 0.303. The van der Waals surface area contributed by atoms with Crippen molar-refractivity contribution in [2.24, 2.45) is 4.99 Å². The number of allylic oxidation sites excluding steroid dienone is 2. The molecule has 1 aliphatic heterocycles. The van der Waals surface area contributed by atoms with Crippen molar-refractivity contribution in [3.8, 4) is 0 Å². The molecule has 0 saturated heterocycles. The van der Waals surface area contributed by atoms with Gasteiger partial charge in [0.25, 0.3) is 0 Å². The third-order valence-electron chi connectivity index (χ3n) is 4.71. The van der Waals surface area contributed by atoms with Crippen LogP contribution < -0.4 is 10.6 Å². The first-order chi connectivity index (χ1) is 15.7. The predicted octanol–water partition coefficient (Wildman–Crippen LogP) is 6.66. The predicted molar refractivity (Wildman–Crippen MR) is 145 cm³/mol. The monoisotopic (exact) mass is 453 g/mol. The average molecular weight is 454 g/mol. The number of β-amino-alcohol motifs (C(OH)–C–C–N with tert-alkyl or cyclic N) is 1. The fraction of sp³-hybridized carbons (Fsp3) is 0.481. The van der Waals surface area contributed by atoms with Gasteiger partial charge in [-0.25, -0.2) is 9.98 Å². The number of hydrogen-bond acceptors (Lipinski definition) is 5. The third-order valence-corrected chi connectivity index (χ3v) is 4.71. The number of nitrogens with one attached hydrogen (secondary N) is 2. The van der Waals surface area contributed by atoms with Gasteiger partial charge in [-0.3, -0.25) is 0 Å². The van der Waals surface area contributed by atoms with E-state index < -0.39 is 0 Å². The van der Waals surface area contributed by atoms with E-state index in [0.717, 1.165) is 35.5 Å². The van der Waals surface area contributed by atoms with Crippen LogP contribution in [0.2, 0.25) is 0 Å². The number of aliphatic hydroxyl groups excluding tert-OH is 1. The van der Waals surface area contributed by atoms with E-state index in [0.29, 0.717) is 18.2 Å². The highest BCUT2D eigenvalue weighted by atomic mass is 16.3. The van der Waals surface area contributed by atoms with Gasteiger partial charge in [-0.2, -0.15) is 0 Å². The van der Waals surface area contributed by atoms with E-state index in [1.165, 1.54) is 11.8 Å². The molecule has 182 valence electrons. The zero-order valence-electron chi connectivity index (χ0n) is 21.8. The van der Waals surface area contributed by atoms with E-state index >= 15 is 0 Å². The number of amidine groups is 1. The third kappa shape index (κ3) is 8.54. The normalized spacial score (nSPS) is 15.1. The van der Waals surface area contributed by atoms with Crippen molar-refractivity contribution in [3.05, 3.63) is 53.9 Å². The van der Waals surface area contributed by atoms with E-state index in [9.17, 15) is 5.11 Å². The molecule has 1 aliphatic rings. The number of hydrogen-bond donors (Lipinski definition) is 3. The molecule has 33 heavy (non-hydrogen) atoms. The molecular formula is C27H43N5O. The molecule has 1 aromatic rings. The number of nitrogens with zero attached hydrogens (tertiary/aromatic N) is 3. The summed E-state index contributed by atoms with van der Waals surface area (Å²) in [5.41, 5.74) is 4.21. The van der Waals surface area contributed by atoms with Gasteiger partial charge in [-0.15, -0.1) is 0 Å². The fourth-order valence-electron chi connectivity index (χ4n) is 3.26. The van der Waals surface area contributed by atoms with Crippen LogP contribution in [0.5, 0.6) is 0 Å². The molecular weight excluding hydrogens is 410 g/mol. The Bertz CT molecular complexity index is 904. The van der Waals surface area contributed by atoms with Crippen molar-refractivity contribution in [2.75, 3.05) is 23.8 Å². The second-order valence-corrected chi connectivity index (χ2v) is 8.59. The molecule has 0 unspecified atom stereocenters. The van der Waals surface area contributed by atoms with Crippen LogP contribution >= 0.6 is 0 Å². The van der Waals surface area contributed by atoms with Crippen LogP contribution in [0.15, 0.2) is 47.8 Å². The summed E-state index contributed by atoms with van der Waals surface area (Å²) in [7, 11) is 0. The summed E-state index contributed by atoms with van der Waals surface area (Å²) in [4.78, 5) is 11.4. The van der Waals surface area contributed by atoms with Crippen LogP contribution in [0.25, 0.3) is 11.8 Å². The molecule has 2 heterocycles. The number of pyridine rings is 1. The van der Waals surface area contributed by atoms with Crippen LogP contribution in [0.4, 0.5) is 11.6 Å². The van der Waals surface area contributed by atoms with E-state index in [2.05, 4.69) is 80.8 Å². The Labute approximate surface area is 200 Å². The summed E-state index contributed by atoms with van der Waals surface area (Å²) in [6.07, 6.45) is 11.6. The Balaban J connectivity index is 0.00000265. The SMILES string of the molecule is C=CN=C(/C=C(\C)CC)Nc1cc2c(c(NC(C)(C)C)n1)/C(=C/CC)N(CCO)C=C2.CC. The zero-order chi connectivity index (χ0) is 25.0. The van der Waals surface area contributed by atoms with Gasteiger partial charge in [-0.05, 0) is 64.3 Å². The number of aromatic nitrogens is 1. The van der Waals surface area contributed by atoms with Gasteiger partial charge >= 0.3 is 0 Å². The molecule has 6 nitrogen and oxygen atoms in total. The molecule has 6 heteroatoms. The smallest absolute Gasteiger partial charge is 0.138 e. The van der Waals surface area contributed by atoms with E-state index in [1.54, 1.807) is 0 Å². The minimum absolute atomic E-state index is 0.0837. The number of rotatable bonds is 8. The first-order valence-corrected chi connectivity index (χ1v) is 11.9. The van der Waals surface area contributed by atoms with Crippen molar-refractivity contribution in [1.82, 2.24) is 9.88 Å². The molecule has 2 rings (SSSR count). The van der Waals surface area contributed by atoms with Gasteiger partial charge in [0.1, 0.15) is 17.5 Å². The second kappa shape index (κ2) is 13.6. The van der Waals surface area contributed by atoms with Crippen molar-refractivity contribution in [3.63, 3.8) is 0 Å². The standard InChI is InChI=1S/C25H37N5O.C2H6/c1-8-11-20-23-19(12-13-30(20)14-15-31)17-22(28-24(23)29-25(5,6)7)27-21(26-10-3)16-18(4)9-2;1-2/h10-13,16-17,31H,3,8-9,14-15H2,1-2,4-7H3,(H2,26,27,28,29);1-2H3/b18-16+,20-11-;. The molecule has 0 bridgehead atoms. The Morgan fingerprint density at radius 3 is 2.52 bits per heavy atom. The molecule has 0 fully saturated rings. The molecule has 0 aliphatic carbocycles. The highest BCUT2D eigenvalue weighted by Crippen LogP contribution is 2.37. The van der Waals surface area contributed by atoms with E-state index in [-0.39, 0.29) is 12.1 Å². The minimum Gasteiger partial charge on any atom is -0.395 e. The summed E-state index contributed by atoms with van der Waals surface area (Å²) in [5, 5.41) is 16.4. The summed E-state index contributed by atoms with van der Waals surface area (Å²) >= 11 is 0. The number of aliphatic hydroxyl groups is 1. The highest BCUT2D eigenvalue weighted by Gasteiger charge is 2.24. The zero-order valence-corrected chi connectivity index (χ0v) is 21.8. The summed E-state index contributed by atoms with van der Waals surface area (Å²) in [5.74, 6) is 2.21. The van der Waals surface area contributed by atoms with Crippen molar-refractivity contribution in [1.29, 1.82) is 0 Å². The summed E-state index contributed by atoms with van der Waals surface area (Å²) in [6, 6.07) is 2.03. The minimum atomic E-state index is -0.170. The maximum absolute atomic E-state index is 9.52. The van der Waals surface area contributed by atoms with Gasteiger partial charge in [0.15, 0.2) is 0 Å². The number of aliphatic imine (C=N–C) groups is 1. The van der Waals surface area contributed by atoms with Crippen molar-refractivity contribution in [2.45, 2.75) is 73.8 Å². The fourth-order valence-corrected chi connectivity index (χ4v) is 3.26. The first-order valence-electron chi connectivity index (χ1n) is 11.9. The number of anilines is 2. The first kappa shape index (κ1) is 28.2. The molecule has 3 N–H and O–H groups in total. The topological polar surface area (TPSA) is 72.8 Å². The van der Waals surface area contributed by atoms with Gasteiger partial charge < -0.3 is 20.6 Å². The second-order valence-electron chi connectivity index (χ2n) is 8.59. The molecule has 0 spiro atoms. The lowest BCUT2D eigenvalue weighted by molar-refractivity contribution is 0.267. The summed E-state index contributed by atoms with van der Waals surface area (Å²) in [6.45, 7) is 21.0. The maximum Gasteiger partial charge on any atom is 0.138 e. The molecule has 0 aromatic carbocycles. The Morgan fingerprint density at radius 2 is 1.97 bits per heavy atom. The van der Waals surface area contributed by atoms with Crippen LogP contribution in [-0.2, 0) is 0 Å². The highest BCUT2D eigenvalue weighted by molar-refractivity contribution is 6.04. The van der Waals surface area contributed by atoms with Crippen LogP contribution in [0.3, 0.4) is 0 Å². The Morgan fingerprint density at radius 1 is 1.27 bits per heavy atom. The Hall–Kier alpha value is -2.86.